The zero-order valence-electron chi connectivity index (χ0n) is 86.8. The van der Waals surface area contributed by atoms with Crippen LogP contribution in [0.2, 0.25) is 0 Å². The zero-order valence-corrected chi connectivity index (χ0v) is 89.9. The average molecular weight is 2110 g/mol. The average Bonchev–Trinajstić information content (AvgIpc) is 0.962. The minimum atomic E-state index is -0.539. The van der Waals surface area contributed by atoms with Gasteiger partial charge >= 0.3 is 24.4 Å². The van der Waals surface area contributed by atoms with E-state index < -0.39 is 40.3 Å². The number of benzene rings is 9. The molecule has 0 radical (unpaired) electrons. The van der Waals surface area contributed by atoms with Crippen molar-refractivity contribution in [2.45, 2.75) is 322 Å². The summed E-state index contributed by atoms with van der Waals surface area (Å²) in [5.74, 6) is -1.28. The molecule has 0 aliphatic heterocycles. The van der Waals surface area contributed by atoms with Gasteiger partial charge in [-0.3, -0.25) is 9.59 Å². The molecule has 5 fully saturated rings. The molecule has 0 saturated heterocycles. The van der Waals surface area contributed by atoms with Gasteiger partial charge in [-0.2, -0.15) is 15.8 Å². The van der Waals surface area contributed by atoms with E-state index in [-0.39, 0.29) is 84.5 Å². The fourth-order valence-electron chi connectivity index (χ4n) is 17.1. The van der Waals surface area contributed by atoms with Crippen molar-refractivity contribution in [1.82, 2.24) is 21.3 Å². The summed E-state index contributed by atoms with van der Waals surface area (Å²) in [7, 11) is 0. The Labute approximate surface area is 873 Å². The van der Waals surface area contributed by atoms with E-state index in [0.29, 0.717) is 43.7 Å². The Kier molecular flexibility index (Phi) is 45.8. The molecule has 5 aliphatic rings. The first-order valence-electron chi connectivity index (χ1n) is 49.9. The van der Waals surface area contributed by atoms with Crippen LogP contribution in [0.4, 0.5) is 86.1 Å². The number of amides is 6. The van der Waals surface area contributed by atoms with Gasteiger partial charge in [0.1, 0.15) is 46.4 Å². The van der Waals surface area contributed by atoms with E-state index in [2.05, 4.69) is 102 Å². The molecule has 9 aromatic rings. The van der Waals surface area contributed by atoms with Crippen LogP contribution in [0.3, 0.4) is 0 Å². The second kappa shape index (κ2) is 56.8. The topological polar surface area (TPSA) is 473 Å². The van der Waals surface area contributed by atoms with Crippen molar-refractivity contribution in [2.24, 2.45) is 22.9 Å². The lowest BCUT2D eigenvalue weighted by atomic mass is 9.90. The van der Waals surface area contributed by atoms with Gasteiger partial charge in [-0.05, 0) is 369 Å². The Morgan fingerprint density at radius 2 is 0.600 bits per heavy atom. The van der Waals surface area contributed by atoms with Gasteiger partial charge in [-0.1, -0.05) is 113 Å². The summed E-state index contributed by atoms with van der Waals surface area (Å²) in [6.07, 6.45) is 19.4. The Balaban J connectivity index is 0.000000214. The highest BCUT2D eigenvalue weighted by atomic mass is 79.9. The SMILES string of the molecule is CC(C)(C)OC(=O)N[C@H]1CCCC[C@H]1N.CC(C)(C)OC(=O)N[C@H]1CCCC[C@H]1Nc1ccc(C#N)c(Br)c1.Cc1cccc(N)c1.Cc1cccc(Nc2cc(N[C@@H]3CCCC[C@@H]3N)ccc2C(N)=O)c1.Cc1cccc(Nc2cc(N[C@@H]3CCCC[C@@H]3NC(=O)OC(C)(C)C)ccc2C#N)c1.Cc1cccc(Nc2cc(N[C@@H]3CCCC[C@@H]3NC(=O)OC(C)(C)C)ccc2C(N)=O)c1.N#Cc1ccc(F)cc1Br. The van der Waals surface area contributed by atoms with Crippen LogP contribution in [-0.4, -0.2) is 119 Å². The number of ether oxygens (including phenoxy) is 4. The van der Waals surface area contributed by atoms with Gasteiger partial charge in [-0.25, -0.2) is 23.6 Å². The largest absolute Gasteiger partial charge is 0.444 e. The highest BCUT2D eigenvalue weighted by molar-refractivity contribution is 9.10. The predicted octanol–water partition coefficient (Wildman–Crippen LogP) is 24.8. The van der Waals surface area contributed by atoms with Crippen molar-refractivity contribution in [3.8, 4) is 18.2 Å². The van der Waals surface area contributed by atoms with Crippen LogP contribution in [0, 0.1) is 67.5 Å². The van der Waals surface area contributed by atoms with Crippen LogP contribution in [0.1, 0.15) is 271 Å². The molecule has 10 atom stereocenters. The summed E-state index contributed by atoms with van der Waals surface area (Å²) < 4.78 is 35.0. The van der Waals surface area contributed by atoms with Crippen molar-refractivity contribution < 1.29 is 52.1 Å². The van der Waals surface area contributed by atoms with Crippen LogP contribution in [-0.2, 0) is 18.9 Å². The molecule has 6 amide bonds. The smallest absolute Gasteiger partial charge is 0.407 e. The fourth-order valence-corrected chi connectivity index (χ4v) is 18.0. The number of rotatable bonds is 20. The van der Waals surface area contributed by atoms with E-state index in [9.17, 15) is 38.4 Å². The van der Waals surface area contributed by atoms with Crippen LogP contribution >= 0.6 is 31.9 Å². The van der Waals surface area contributed by atoms with Crippen LogP contribution in [0.5, 0.6) is 0 Å². The molecule has 0 bridgehead atoms. The second-order valence-electron chi connectivity index (χ2n) is 41.3. The Morgan fingerprint density at radius 3 is 0.910 bits per heavy atom. The van der Waals surface area contributed by atoms with Gasteiger partial charge in [0.2, 0.25) is 0 Å². The maximum absolute atomic E-state index is 12.3. The Bertz CT molecular complexity index is 5880. The first-order valence-corrected chi connectivity index (χ1v) is 51.5. The first kappa shape index (κ1) is 117. The number of aryl methyl sites for hydroxylation is 4. The predicted molar refractivity (Wildman–Crippen MR) is 588 cm³/mol. The van der Waals surface area contributed by atoms with E-state index in [1.807, 2.05) is 269 Å². The number of carbonyl (C=O) groups is 6. The lowest BCUT2D eigenvalue weighted by Gasteiger charge is -2.34. The number of primary amides is 2. The summed E-state index contributed by atoms with van der Waals surface area (Å²) in [6, 6.07) is 65.2. The third kappa shape index (κ3) is 42.9. The number of alkyl carbamates (subject to hydrolysis) is 4. The van der Waals surface area contributed by atoms with Crippen LogP contribution in [0.25, 0.3) is 0 Å². The van der Waals surface area contributed by atoms with E-state index in [1.54, 1.807) is 18.2 Å². The molecule has 0 spiro atoms. The van der Waals surface area contributed by atoms with Crippen molar-refractivity contribution in [3.63, 3.8) is 0 Å². The van der Waals surface area contributed by atoms with E-state index >= 15 is 0 Å². The number of nitrogen functional groups attached to an aromatic ring is 1. The monoisotopic (exact) mass is 2110 g/mol. The molecule has 9 aromatic carbocycles. The first-order chi connectivity index (χ1) is 68.5. The molecule has 0 heterocycles. The minimum Gasteiger partial charge on any atom is -0.444 e. The number of hydrogen-bond donors (Lipinski definition) is 16. The molecular weight excluding hydrogens is 1960 g/mol. The minimum absolute atomic E-state index is 0.00701. The van der Waals surface area contributed by atoms with E-state index in [0.717, 1.165) is 188 Å². The van der Waals surface area contributed by atoms with Gasteiger partial charge < -0.3 is 106 Å². The normalized spacial score (nSPS) is 18.9. The Hall–Kier alpha value is -13.3. The summed E-state index contributed by atoms with van der Waals surface area (Å²) in [4.78, 5) is 71.9. The van der Waals surface area contributed by atoms with Gasteiger partial charge in [0, 0.05) is 96.7 Å². The van der Waals surface area contributed by atoms with Gasteiger partial charge in [0.25, 0.3) is 11.8 Å². The standard InChI is InChI=1S/C25H34N4O3.C25H32N4O2.C20H26N4O.C18H24BrN3O2.C11H22N2O2.C7H3BrFN.C7H9N/c1-16-8-7-9-17(14-16)28-22-15-18(12-13-19(22)23(26)30)27-20-10-5-6-11-21(20)29-24(31)32-25(2,3)4;1-17-8-7-9-19(14-17)28-23-15-20(13-12-18(23)16-26)27-21-10-5-6-11-22(21)29-24(30)31-25(2,3)4;1-13-5-4-6-14(11-13)24-19-12-15(9-10-16(19)20(22)25)23-18-8-3-2-7-17(18)21;1-18(2,3)24-17(23)22-16-7-5-4-6-15(16)21-13-9-8-12(11-20)14(19)10-13;1-11(2,3)15-10(14)13-9-7-5-4-6-8(9)12;8-7-3-6(9)2-1-5(7)4-10;1-6-3-2-4-7(8)5-6/h7-9,12-15,20-21,27-28H,5-6,10-11H2,1-4H3,(H2,26,30)(H,29,31);7-9,12-15,21-22,27-28H,5-6,10-11H2,1-4H3,(H,29,30);4-6,9-12,17-18,23-24H,2-3,7-8,21H2,1H3,(H2,22,25);8-10,15-16,21H,4-7H2,1-3H3,(H,22,23);8-9H,4-7,12H2,1-3H3,(H,13,14);1-3H;2-5H,8H2,1H3/t20-,21+;21-,22+;17-,18+;15-,16+;8-,9+;;/m11011../s1. The summed E-state index contributed by atoms with van der Waals surface area (Å²) in [6.45, 7) is 30.4. The summed E-state index contributed by atoms with van der Waals surface area (Å²) in [5.41, 5.74) is 43.2. The molecule has 0 unspecified atom stereocenters. The van der Waals surface area contributed by atoms with Crippen molar-refractivity contribution in [2.75, 3.05) is 43.0 Å². The molecule has 21 N–H and O–H groups in total. The van der Waals surface area contributed by atoms with Gasteiger partial charge in [0.05, 0.1) is 63.0 Å². The summed E-state index contributed by atoms with van der Waals surface area (Å²) >= 11 is 6.45. The molecule has 32 heteroatoms. The number of carbonyl (C=O) groups excluding carboxylic acids is 6. The second-order valence-corrected chi connectivity index (χ2v) is 43.0. The van der Waals surface area contributed by atoms with E-state index in [4.69, 9.17) is 58.1 Å². The van der Waals surface area contributed by atoms with Gasteiger partial charge in [-0.15, -0.1) is 0 Å². The highest BCUT2D eigenvalue weighted by Gasteiger charge is 2.34. The molecule has 0 aromatic heterocycles. The number of nitriles is 3. The molecule has 29 nitrogen and oxygen atoms in total. The Morgan fingerprint density at radius 1 is 0.324 bits per heavy atom. The van der Waals surface area contributed by atoms with Crippen LogP contribution < -0.4 is 87.2 Å². The number of nitrogens with two attached hydrogens (primary N) is 5. The molecule has 5 aliphatic carbocycles. The third-order valence-electron chi connectivity index (χ3n) is 23.9. The van der Waals surface area contributed by atoms with Crippen molar-refractivity contribution in [1.29, 1.82) is 15.8 Å². The van der Waals surface area contributed by atoms with E-state index in [1.165, 1.54) is 36.6 Å². The fraction of sp³-hybridized carbons (Fsp3) is 0.442. The van der Waals surface area contributed by atoms with Crippen LogP contribution in [0.15, 0.2) is 197 Å². The molecule has 778 valence electrons. The maximum atomic E-state index is 12.3. The molecule has 145 heavy (non-hydrogen) atoms. The number of anilines is 11. The molecular formula is C113H150Br2FN19O10. The van der Waals surface area contributed by atoms with Crippen molar-refractivity contribution >= 4 is 131 Å². The third-order valence-corrected chi connectivity index (χ3v) is 25.3. The quantitative estimate of drug-likeness (QED) is 0.0249. The number of nitrogens with one attached hydrogen (secondary N) is 11. The lowest BCUT2D eigenvalue weighted by Crippen LogP contribution is -2.50. The molecule has 5 saturated carbocycles. The van der Waals surface area contributed by atoms with Gasteiger partial charge in [0.15, 0.2) is 0 Å². The number of halogens is 3. The van der Waals surface area contributed by atoms with Crippen molar-refractivity contribution in [3.05, 3.63) is 253 Å². The lowest BCUT2D eigenvalue weighted by molar-refractivity contribution is 0.0475. The zero-order chi connectivity index (χ0) is 106. The number of nitrogens with zero attached hydrogens (tertiary/aromatic N) is 3. The highest BCUT2D eigenvalue weighted by Crippen LogP contribution is 2.35. The maximum Gasteiger partial charge on any atom is 0.407 e. The summed E-state index contributed by atoms with van der Waals surface area (Å²) in [5, 5.41) is 62.9. The molecule has 14 rings (SSSR count). The number of hydrogen-bond acceptors (Lipinski definition) is 23.